The van der Waals surface area contributed by atoms with Gasteiger partial charge in [0.2, 0.25) is 15.9 Å². The molecule has 2 aromatic rings. The topological polar surface area (TPSA) is 66.5 Å². The van der Waals surface area contributed by atoms with Crippen LogP contribution in [0.25, 0.3) is 0 Å². The number of halogens is 3. The molecule has 140 valence electrons. The number of carbonyl (C=O) groups is 1. The minimum absolute atomic E-state index is 0.150. The third-order valence-corrected chi connectivity index (χ3v) is 5.72. The summed E-state index contributed by atoms with van der Waals surface area (Å²) in [6.07, 6.45) is 1.04. The van der Waals surface area contributed by atoms with Crippen LogP contribution in [0.15, 0.2) is 42.5 Å². The van der Waals surface area contributed by atoms with Gasteiger partial charge < -0.3 is 5.32 Å². The normalized spacial score (nSPS) is 12.5. The van der Waals surface area contributed by atoms with Gasteiger partial charge in [-0.25, -0.2) is 8.42 Å². The lowest BCUT2D eigenvalue weighted by molar-refractivity contribution is -0.122. The van der Waals surface area contributed by atoms with E-state index >= 15 is 0 Å². The molecule has 0 radical (unpaired) electrons. The summed E-state index contributed by atoms with van der Waals surface area (Å²) >= 11 is 17.8. The molecule has 0 aliphatic heterocycles. The molecule has 0 aromatic heterocycles. The van der Waals surface area contributed by atoms with Crippen molar-refractivity contribution >= 4 is 56.4 Å². The first-order valence-electron chi connectivity index (χ1n) is 7.56. The van der Waals surface area contributed by atoms with Crippen LogP contribution in [0.1, 0.15) is 12.5 Å². The summed E-state index contributed by atoms with van der Waals surface area (Å²) in [4.78, 5) is 12.5. The number of hydrogen-bond donors (Lipinski definition) is 1. The van der Waals surface area contributed by atoms with E-state index in [0.717, 1.165) is 10.6 Å². The van der Waals surface area contributed by atoms with Crippen LogP contribution >= 0.6 is 34.8 Å². The third kappa shape index (κ3) is 5.27. The number of anilines is 1. The molecule has 0 bridgehead atoms. The van der Waals surface area contributed by atoms with Crippen LogP contribution in [0.3, 0.4) is 0 Å². The summed E-state index contributed by atoms with van der Waals surface area (Å²) in [5.41, 5.74) is 1.03. The molecule has 0 heterocycles. The molecule has 26 heavy (non-hydrogen) atoms. The lowest BCUT2D eigenvalue weighted by atomic mass is 10.2. The van der Waals surface area contributed by atoms with Crippen LogP contribution in [0.2, 0.25) is 15.1 Å². The maximum atomic E-state index is 12.5. The van der Waals surface area contributed by atoms with E-state index in [-0.39, 0.29) is 6.54 Å². The Labute approximate surface area is 167 Å². The number of hydrogen-bond acceptors (Lipinski definition) is 3. The van der Waals surface area contributed by atoms with Crippen molar-refractivity contribution in [3.05, 3.63) is 63.1 Å². The second-order valence-electron chi connectivity index (χ2n) is 5.66. The molecular formula is C17H17Cl3N2O3S. The number of nitrogens with zero attached hydrogens (tertiary/aromatic N) is 1. The van der Waals surface area contributed by atoms with Gasteiger partial charge >= 0.3 is 0 Å². The summed E-state index contributed by atoms with van der Waals surface area (Å²) in [6, 6.07) is 10.2. The molecule has 1 N–H and O–H groups in total. The summed E-state index contributed by atoms with van der Waals surface area (Å²) in [6.45, 7) is 1.66. The van der Waals surface area contributed by atoms with E-state index in [1.54, 1.807) is 42.5 Å². The van der Waals surface area contributed by atoms with E-state index in [1.807, 2.05) is 0 Å². The molecule has 0 saturated heterocycles. The van der Waals surface area contributed by atoms with E-state index in [2.05, 4.69) is 5.32 Å². The quantitative estimate of drug-likeness (QED) is 0.742. The third-order valence-electron chi connectivity index (χ3n) is 3.64. The second-order valence-corrected chi connectivity index (χ2v) is 8.80. The van der Waals surface area contributed by atoms with E-state index in [0.29, 0.717) is 26.3 Å². The highest BCUT2D eigenvalue weighted by molar-refractivity contribution is 7.92. The SMILES string of the molecule is CC(C(=O)NCc1ccc(Cl)cc1Cl)N(c1ccc(Cl)cc1)S(C)(=O)=O. The van der Waals surface area contributed by atoms with Gasteiger partial charge in [-0.3, -0.25) is 9.10 Å². The van der Waals surface area contributed by atoms with E-state index in [4.69, 9.17) is 34.8 Å². The highest BCUT2D eigenvalue weighted by Gasteiger charge is 2.29. The van der Waals surface area contributed by atoms with Crippen molar-refractivity contribution in [2.45, 2.75) is 19.5 Å². The van der Waals surface area contributed by atoms with Crippen LogP contribution in [0.4, 0.5) is 5.69 Å². The van der Waals surface area contributed by atoms with Gasteiger partial charge in [0.25, 0.3) is 0 Å². The smallest absolute Gasteiger partial charge is 0.243 e. The minimum atomic E-state index is -3.69. The van der Waals surface area contributed by atoms with Crippen LogP contribution in [-0.2, 0) is 21.4 Å². The number of carbonyl (C=O) groups excluding carboxylic acids is 1. The standard InChI is InChI=1S/C17H17Cl3N2O3S/c1-11(17(23)21-10-12-3-4-14(19)9-16(12)20)22(26(2,24)25)15-7-5-13(18)6-8-15/h3-9,11H,10H2,1-2H3,(H,21,23). The maximum absolute atomic E-state index is 12.5. The van der Waals surface area contributed by atoms with Gasteiger partial charge in [-0.15, -0.1) is 0 Å². The van der Waals surface area contributed by atoms with Crippen LogP contribution in [0, 0.1) is 0 Å². The lowest BCUT2D eigenvalue weighted by Gasteiger charge is -2.28. The molecule has 9 heteroatoms. The van der Waals surface area contributed by atoms with Crippen molar-refractivity contribution < 1.29 is 13.2 Å². The summed E-state index contributed by atoms with van der Waals surface area (Å²) in [5, 5.41) is 4.07. The van der Waals surface area contributed by atoms with Gasteiger partial charge in [0.15, 0.2) is 0 Å². The van der Waals surface area contributed by atoms with Crippen molar-refractivity contribution in [1.29, 1.82) is 0 Å². The van der Waals surface area contributed by atoms with Crippen molar-refractivity contribution in [3.63, 3.8) is 0 Å². The number of benzene rings is 2. The van der Waals surface area contributed by atoms with Crippen LogP contribution in [0.5, 0.6) is 0 Å². The Morgan fingerprint density at radius 2 is 1.65 bits per heavy atom. The first-order chi connectivity index (χ1) is 12.1. The number of sulfonamides is 1. The number of rotatable bonds is 6. The summed E-state index contributed by atoms with van der Waals surface area (Å²) in [5.74, 6) is -0.462. The summed E-state index contributed by atoms with van der Waals surface area (Å²) in [7, 11) is -3.69. The van der Waals surface area contributed by atoms with Crippen molar-refractivity contribution in [2.75, 3.05) is 10.6 Å². The van der Waals surface area contributed by atoms with Crippen molar-refractivity contribution in [3.8, 4) is 0 Å². The highest BCUT2D eigenvalue weighted by atomic mass is 35.5. The van der Waals surface area contributed by atoms with Crippen molar-refractivity contribution in [2.24, 2.45) is 0 Å². The number of amides is 1. The molecule has 1 atom stereocenters. The zero-order valence-electron chi connectivity index (χ0n) is 14.0. The van der Waals surface area contributed by atoms with Gasteiger partial charge in [0.05, 0.1) is 11.9 Å². The largest absolute Gasteiger partial charge is 0.350 e. The Bertz CT molecular complexity index is 902. The molecule has 0 spiro atoms. The Morgan fingerprint density at radius 3 is 2.19 bits per heavy atom. The lowest BCUT2D eigenvalue weighted by Crippen LogP contribution is -2.47. The van der Waals surface area contributed by atoms with Crippen LogP contribution < -0.4 is 9.62 Å². The molecular weight excluding hydrogens is 419 g/mol. The fourth-order valence-corrected chi connectivity index (χ4v) is 4.17. The molecule has 2 aromatic carbocycles. The summed E-state index contributed by atoms with van der Waals surface area (Å²) < 4.78 is 25.5. The van der Waals surface area contributed by atoms with Gasteiger partial charge in [-0.1, -0.05) is 40.9 Å². The molecule has 5 nitrogen and oxygen atoms in total. The van der Waals surface area contributed by atoms with Gasteiger partial charge in [0.1, 0.15) is 6.04 Å². The van der Waals surface area contributed by atoms with Gasteiger partial charge in [-0.2, -0.15) is 0 Å². The van der Waals surface area contributed by atoms with E-state index in [1.165, 1.54) is 6.92 Å². The molecule has 1 unspecified atom stereocenters. The van der Waals surface area contributed by atoms with Crippen molar-refractivity contribution in [1.82, 2.24) is 5.32 Å². The first-order valence-corrected chi connectivity index (χ1v) is 10.5. The second kappa shape index (κ2) is 8.48. The first kappa shape index (κ1) is 20.8. The Morgan fingerprint density at radius 1 is 1.08 bits per heavy atom. The monoisotopic (exact) mass is 434 g/mol. The average molecular weight is 436 g/mol. The minimum Gasteiger partial charge on any atom is -0.350 e. The molecule has 0 aliphatic rings. The average Bonchev–Trinajstić information content (AvgIpc) is 2.54. The van der Waals surface area contributed by atoms with E-state index < -0.39 is 22.0 Å². The Kier molecular flexibility index (Phi) is 6.80. The Balaban J connectivity index is 2.18. The van der Waals surface area contributed by atoms with Gasteiger partial charge in [0, 0.05) is 21.6 Å². The molecule has 2 rings (SSSR count). The zero-order chi connectivity index (χ0) is 19.5. The molecule has 0 saturated carbocycles. The highest BCUT2D eigenvalue weighted by Crippen LogP contribution is 2.24. The molecule has 1 amide bonds. The Hall–Kier alpha value is -1.47. The fourth-order valence-electron chi connectivity index (χ4n) is 2.39. The maximum Gasteiger partial charge on any atom is 0.243 e. The van der Waals surface area contributed by atoms with Crippen LogP contribution in [-0.4, -0.2) is 26.6 Å². The predicted octanol–water partition coefficient (Wildman–Crippen LogP) is 4.12. The van der Waals surface area contributed by atoms with E-state index in [9.17, 15) is 13.2 Å². The number of nitrogens with one attached hydrogen (secondary N) is 1. The van der Waals surface area contributed by atoms with Gasteiger partial charge in [-0.05, 0) is 48.9 Å². The predicted molar refractivity (Wildman–Crippen MR) is 107 cm³/mol. The zero-order valence-corrected chi connectivity index (χ0v) is 17.1. The molecule has 0 fully saturated rings. The molecule has 0 aliphatic carbocycles. The fraction of sp³-hybridized carbons (Fsp3) is 0.235.